The minimum atomic E-state index is -3.49. The van der Waals surface area contributed by atoms with Crippen molar-refractivity contribution in [1.29, 1.82) is 0 Å². The zero-order valence-electron chi connectivity index (χ0n) is 15.7. The molecule has 0 spiro atoms. The van der Waals surface area contributed by atoms with Crippen molar-refractivity contribution in [2.75, 3.05) is 33.2 Å². The number of piperazine rings is 1. The van der Waals surface area contributed by atoms with Gasteiger partial charge in [0.2, 0.25) is 10.0 Å². The monoisotopic (exact) mass is 375 g/mol. The highest BCUT2D eigenvalue weighted by atomic mass is 32.2. The van der Waals surface area contributed by atoms with Gasteiger partial charge in [-0.3, -0.25) is 4.79 Å². The summed E-state index contributed by atoms with van der Waals surface area (Å²) in [7, 11) is 0.233. The second-order valence-electron chi connectivity index (χ2n) is 7.02. The summed E-state index contributed by atoms with van der Waals surface area (Å²) < 4.78 is 29.1. The molecular weight excluding hydrogens is 350 g/mol. The van der Waals surface area contributed by atoms with Crippen molar-refractivity contribution in [2.45, 2.75) is 18.7 Å². The molecule has 0 saturated carbocycles. The second-order valence-corrected chi connectivity index (χ2v) is 8.92. The lowest BCUT2D eigenvalue weighted by atomic mass is 10.0. The second kappa shape index (κ2) is 6.98. The fraction of sp³-hybridized carbons (Fsp3) is 0.421. The lowest BCUT2D eigenvalue weighted by molar-refractivity contribution is 0.222. The Bertz CT molecular complexity index is 961. The molecule has 2 heterocycles. The Hall–Kier alpha value is -1.96. The fourth-order valence-electron chi connectivity index (χ4n) is 3.32. The van der Waals surface area contributed by atoms with Gasteiger partial charge in [0.1, 0.15) is 0 Å². The van der Waals surface area contributed by atoms with Crippen molar-refractivity contribution in [1.82, 2.24) is 13.8 Å². The third-order valence-corrected chi connectivity index (χ3v) is 7.01. The van der Waals surface area contributed by atoms with Crippen molar-refractivity contribution in [3.05, 3.63) is 51.9 Å². The predicted octanol–water partition coefficient (Wildman–Crippen LogP) is 1.61. The van der Waals surface area contributed by atoms with Crippen LogP contribution in [0.2, 0.25) is 0 Å². The van der Waals surface area contributed by atoms with Gasteiger partial charge in [0.05, 0.1) is 4.90 Å². The summed E-state index contributed by atoms with van der Waals surface area (Å²) >= 11 is 0. The van der Waals surface area contributed by atoms with E-state index < -0.39 is 10.0 Å². The highest BCUT2D eigenvalue weighted by Gasteiger charge is 2.28. The van der Waals surface area contributed by atoms with Crippen molar-refractivity contribution in [3.63, 3.8) is 0 Å². The molecule has 1 aromatic carbocycles. The smallest absolute Gasteiger partial charge is 0.253 e. The zero-order chi connectivity index (χ0) is 19.1. The first kappa shape index (κ1) is 18.8. The summed E-state index contributed by atoms with van der Waals surface area (Å²) in [5, 5.41) is 0. The molecular formula is C19H25N3O3S. The largest absolute Gasteiger partial charge is 0.318 e. The van der Waals surface area contributed by atoms with Gasteiger partial charge in [0.25, 0.3) is 5.56 Å². The Kier molecular flexibility index (Phi) is 5.05. The third-order valence-electron chi connectivity index (χ3n) is 4.95. The topological polar surface area (TPSA) is 62.6 Å². The van der Waals surface area contributed by atoms with E-state index in [-0.39, 0.29) is 5.56 Å². The van der Waals surface area contributed by atoms with Crippen LogP contribution in [0.5, 0.6) is 0 Å². The molecule has 2 aromatic rings. The molecule has 0 bridgehead atoms. The molecule has 3 rings (SSSR count). The number of nitrogens with zero attached hydrogens (tertiary/aromatic N) is 3. The minimum absolute atomic E-state index is 0.0280. The molecule has 0 aliphatic carbocycles. The molecule has 26 heavy (non-hydrogen) atoms. The van der Waals surface area contributed by atoms with E-state index in [2.05, 4.69) is 4.90 Å². The molecule has 0 N–H and O–H groups in total. The van der Waals surface area contributed by atoms with Gasteiger partial charge in [0.15, 0.2) is 0 Å². The van der Waals surface area contributed by atoms with E-state index in [1.165, 1.54) is 0 Å². The molecule has 140 valence electrons. The Morgan fingerprint density at radius 3 is 2.08 bits per heavy atom. The van der Waals surface area contributed by atoms with E-state index in [0.717, 1.165) is 24.2 Å². The van der Waals surface area contributed by atoms with Crippen molar-refractivity contribution in [3.8, 4) is 11.1 Å². The third kappa shape index (κ3) is 3.47. The van der Waals surface area contributed by atoms with Gasteiger partial charge in [-0.1, -0.05) is 12.1 Å². The van der Waals surface area contributed by atoms with Gasteiger partial charge in [-0.2, -0.15) is 4.31 Å². The van der Waals surface area contributed by atoms with Gasteiger partial charge in [-0.15, -0.1) is 0 Å². The number of hydrogen-bond acceptors (Lipinski definition) is 4. The predicted molar refractivity (Wildman–Crippen MR) is 103 cm³/mol. The normalized spacial score (nSPS) is 16.8. The number of pyridine rings is 1. The maximum atomic E-state index is 13.0. The Labute approximate surface area is 154 Å². The maximum Gasteiger partial charge on any atom is 0.253 e. The lowest BCUT2D eigenvalue weighted by Crippen LogP contribution is -2.47. The van der Waals surface area contributed by atoms with Crippen LogP contribution in [0.25, 0.3) is 11.1 Å². The number of hydrogen-bond donors (Lipinski definition) is 0. The summed E-state index contributed by atoms with van der Waals surface area (Å²) in [6.07, 6.45) is 1.78. The van der Waals surface area contributed by atoms with Gasteiger partial charge in [-0.25, -0.2) is 8.42 Å². The Morgan fingerprint density at radius 2 is 1.50 bits per heavy atom. The molecule has 6 nitrogen and oxygen atoms in total. The molecule has 0 unspecified atom stereocenters. The van der Waals surface area contributed by atoms with E-state index >= 15 is 0 Å². The van der Waals surface area contributed by atoms with E-state index in [1.54, 1.807) is 35.1 Å². The van der Waals surface area contributed by atoms with Crippen LogP contribution < -0.4 is 5.56 Å². The fourth-order valence-corrected chi connectivity index (χ4v) is 4.95. The number of aryl methyl sites for hydroxylation is 3. The average molecular weight is 375 g/mol. The number of rotatable bonds is 3. The molecule has 0 amide bonds. The van der Waals surface area contributed by atoms with Crippen LogP contribution in [0.15, 0.2) is 40.2 Å². The average Bonchev–Trinajstić information content (AvgIpc) is 2.59. The van der Waals surface area contributed by atoms with Crippen LogP contribution in [-0.4, -0.2) is 55.4 Å². The highest BCUT2D eigenvalue weighted by Crippen LogP contribution is 2.27. The lowest BCUT2D eigenvalue weighted by Gasteiger charge is -2.32. The molecule has 1 saturated heterocycles. The van der Waals surface area contributed by atoms with Crippen LogP contribution >= 0.6 is 0 Å². The van der Waals surface area contributed by atoms with Crippen molar-refractivity contribution >= 4 is 10.0 Å². The first-order valence-electron chi connectivity index (χ1n) is 8.67. The first-order valence-corrected chi connectivity index (χ1v) is 10.1. The highest BCUT2D eigenvalue weighted by molar-refractivity contribution is 7.89. The maximum absolute atomic E-state index is 13.0. The Balaban J connectivity index is 1.96. The van der Waals surface area contributed by atoms with Crippen LogP contribution in [-0.2, 0) is 17.1 Å². The van der Waals surface area contributed by atoms with Gasteiger partial charge in [-0.05, 0) is 49.7 Å². The number of likely N-dealkylation sites (N-methyl/N-ethyl adjacent to an activating group) is 1. The van der Waals surface area contributed by atoms with Crippen molar-refractivity contribution in [2.24, 2.45) is 7.05 Å². The number of benzene rings is 1. The Morgan fingerprint density at radius 1 is 0.885 bits per heavy atom. The van der Waals surface area contributed by atoms with Crippen molar-refractivity contribution < 1.29 is 8.42 Å². The van der Waals surface area contributed by atoms with Gasteiger partial charge in [0, 0.05) is 45.0 Å². The summed E-state index contributed by atoms with van der Waals surface area (Å²) in [5.41, 5.74) is 3.15. The van der Waals surface area contributed by atoms with Crippen LogP contribution in [0.1, 0.15) is 11.1 Å². The van der Waals surface area contributed by atoms with Crippen LogP contribution in [0, 0.1) is 13.8 Å². The quantitative estimate of drug-likeness (QED) is 0.818. The van der Waals surface area contributed by atoms with Gasteiger partial charge < -0.3 is 9.47 Å². The summed E-state index contributed by atoms with van der Waals surface area (Å²) in [5.74, 6) is 0. The minimum Gasteiger partial charge on any atom is -0.318 e. The molecule has 1 aliphatic rings. The first-order chi connectivity index (χ1) is 12.2. The number of sulfonamides is 1. The molecule has 1 fully saturated rings. The molecule has 1 aliphatic heterocycles. The molecule has 7 heteroatoms. The summed E-state index contributed by atoms with van der Waals surface area (Å²) in [4.78, 5) is 14.4. The van der Waals surface area contributed by atoms with E-state index in [9.17, 15) is 13.2 Å². The number of aromatic nitrogens is 1. The SMILES string of the molecule is Cc1cc(-c2cc(C)c(=O)n(C)c2)ccc1S(=O)(=O)N1CCN(C)CC1. The molecule has 0 radical (unpaired) electrons. The molecule has 1 aromatic heterocycles. The van der Waals surface area contributed by atoms with Crippen LogP contribution in [0.4, 0.5) is 0 Å². The standard InChI is InChI=1S/C19H25N3O3S/c1-14-11-16(17-12-15(2)19(23)21(4)13-17)5-6-18(14)26(24,25)22-9-7-20(3)8-10-22/h5-6,11-13H,7-10H2,1-4H3. The molecule has 0 atom stereocenters. The van der Waals surface area contributed by atoms with E-state index in [4.69, 9.17) is 0 Å². The van der Waals surface area contributed by atoms with E-state index in [0.29, 0.717) is 29.1 Å². The van der Waals surface area contributed by atoms with Gasteiger partial charge >= 0.3 is 0 Å². The van der Waals surface area contributed by atoms with Crippen LogP contribution in [0.3, 0.4) is 0 Å². The summed E-state index contributed by atoms with van der Waals surface area (Å²) in [6.45, 7) is 6.12. The summed E-state index contributed by atoms with van der Waals surface area (Å²) in [6, 6.07) is 7.21. The zero-order valence-corrected chi connectivity index (χ0v) is 16.5. The van der Waals surface area contributed by atoms with E-state index in [1.807, 2.05) is 32.2 Å².